The molecule has 2 aromatic heterocycles. The molecule has 1 N–H and O–H groups in total. The standard InChI is InChI=1S/C11H11BrN2O2S2/c1-6-9(10(15)16-2)14-11(18-6)13-4-8-3-7(12)5-17-8/h3,5H,4H2,1-2H3,(H,13,14). The van der Waals surface area contributed by atoms with Crippen LogP contribution in [0.25, 0.3) is 0 Å². The number of halogens is 1. The van der Waals surface area contributed by atoms with Crippen LogP contribution in [0.2, 0.25) is 0 Å². The Labute approximate surface area is 121 Å². The molecule has 7 heteroatoms. The Morgan fingerprint density at radius 2 is 2.39 bits per heavy atom. The molecule has 0 fully saturated rings. The van der Waals surface area contributed by atoms with E-state index < -0.39 is 5.97 Å². The molecule has 0 amide bonds. The summed E-state index contributed by atoms with van der Waals surface area (Å²) in [6.45, 7) is 2.56. The lowest BCUT2D eigenvalue weighted by molar-refractivity contribution is 0.0594. The Morgan fingerprint density at radius 3 is 3.00 bits per heavy atom. The molecule has 0 aliphatic heterocycles. The minimum atomic E-state index is -0.393. The molecule has 0 aliphatic carbocycles. The number of carbonyl (C=O) groups is 1. The summed E-state index contributed by atoms with van der Waals surface area (Å²) in [6, 6.07) is 2.05. The molecule has 2 aromatic rings. The molecule has 0 bridgehead atoms. The van der Waals surface area contributed by atoms with Gasteiger partial charge in [-0.05, 0) is 28.9 Å². The molecule has 0 radical (unpaired) electrons. The van der Waals surface area contributed by atoms with E-state index in [1.165, 1.54) is 23.3 Å². The summed E-state index contributed by atoms with van der Waals surface area (Å²) in [7, 11) is 1.36. The zero-order valence-electron chi connectivity index (χ0n) is 9.82. The van der Waals surface area contributed by atoms with Gasteiger partial charge in [-0.3, -0.25) is 0 Å². The number of hydrogen-bond donors (Lipinski definition) is 1. The van der Waals surface area contributed by atoms with Gasteiger partial charge in [-0.25, -0.2) is 9.78 Å². The quantitative estimate of drug-likeness (QED) is 0.858. The predicted octanol–water partition coefficient (Wildman–Crippen LogP) is 3.67. The highest BCUT2D eigenvalue weighted by Gasteiger charge is 2.15. The molecule has 2 heterocycles. The molecule has 0 saturated heterocycles. The van der Waals surface area contributed by atoms with Gasteiger partial charge in [0, 0.05) is 19.6 Å². The van der Waals surface area contributed by atoms with Crippen LogP contribution >= 0.6 is 38.6 Å². The van der Waals surface area contributed by atoms with Gasteiger partial charge < -0.3 is 10.1 Å². The van der Waals surface area contributed by atoms with E-state index in [0.29, 0.717) is 12.2 Å². The normalized spacial score (nSPS) is 10.4. The Morgan fingerprint density at radius 1 is 1.61 bits per heavy atom. The lowest BCUT2D eigenvalue weighted by Crippen LogP contribution is -2.04. The third-order valence-corrected chi connectivity index (χ3v) is 4.84. The number of thiazole rings is 1. The molecule has 0 aromatic carbocycles. The second-order valence-electron chi connectivity index (χ2n) is 3.50. The smallest absolute Gasteiger partial charge is 0.357 e. The van der Waals surface area contributed by atoms with E-state index in [0.717, 1.165) is 14.5 Å². The first-order valence-corrected chi connectivity index (χ1v) is 7.61. The summed E-state index contributed by atoms with van der Waals surface area (Å²) in [5.41, 5.74) is 0.386. The van der Waals surface area contributed by atoms with Crippen LogP contribution in [0.5, 0.6) is 0 Å². The van der Waals surface area contributed by atoms with Crippen LogP contribution in [0, 0.1) is 6.92 Å². The number of anilines is 1. The van der Waals surface area contributed by atoms with Crippen LogP contribution in [-0.2, 0) is 11.3 Å². The van der Waals surface area contributed by atoms with Crippen LogP contribution < -0.4 is 5.32 Å². The summed E-state index contributed by atoms with van der Waals surface area (Å²) < 4.78 is 5.75. The molecule has 0 saturated carbocycles. The average Bonchev–Trinajstić information content (AvgIpc) is 2.92. The molecule has 18 heavy (non-hydrogen) atoms. The van der Waals surface area contributed by atoms with E-state index >= 15 is 0 Å². The second-order valence-corrected chi connectivity index (χ2v) is 6.61. The predicted molar refractivity (Wildman–Crippen MR) is 77.5 cm³/mol. The fourth-order valence-corrected chi connectivity index (χ4v) is 3.56. The first-order chi connectivity index (χ1) is 8.60. The summed E-state index contributed by atoms with van der Waals surface area (Å²) in [5, 5.41) is 5.97. The molecular weight excluding hydrogens is 336 g/mol. The van der Waals surface area contributed by atoms with Crippen LogP contribution in [-0.4, -0.2) is 18.1 Å². The van der Waals surface area contributed by atoms with Gasteiger partial charge in [0.25, 0.3) is 0 Å². The van der Waals surface area contributed by atoms with Crippen molar-refractivity contribution in [2.45, 2.75) is 13.5 Å². The first-order valence-electron chi connectivity index (χ1n) is 5.12. The maximum atomic E-state index is 11.4. The van der Waals surface area contributed by atoms with Crippen molar-refractivity contribution >= 4 is 49.7 Å². The molecule has 0 spiro atoms. The minimum absolute atomic E-state index is 0.386. The van der Waals surface area contributed by atoms with Crippen LogP contribution in [0.1, 0.15) is 20.2 Å². The number of nitrogens with one attached hydrogen (secondary N) is 1. The molecule has 0 atom stereocenters. The van der Waals surface area contributed by atoms with Gasteiger partial charge in [0.1, 0.15) is 0 Å². The van der Waals surface area contributed by atoms with Gasteiger partial charge in [0.15, 0.2) is 10.8 Å². The third kappa shape index (κ3) is 3.09. The number of methoxy groups -OCH3 is 1. The monoisotopic (exact) mass is 346 g/mol. The molecule has 0 unspecified atom stereocenters. The Kier molecular flexibility index (Phi) is 4.36. The number of rotatable bonds is 4. The van der Waals surface area contributed by atoms with Crippen LogP contribution in [0.15, 0.2) is 15.9 Å². The van der Waals surface area contributed by atoms with Crippen molar-refractivity contribution in [3.8, 4) is 0 Å². The van der Waals surface area contributed by atoms with E-state index in [2.05, 4.69) is 37.0 Å². The molecule has 4 nitrogen and oxygen atoms in total. The topological polar surface area (TPSA) is 51.2 Å². The van der Waals surface area contributed by atoms with Crippen LogP contribution in [0.4, 0.5) is 5.13 Å². The van der Waals surface area contributed by atoms with E-state index in [-0.39, 0.29) is 0 Å². The molecule has 2 rings (SSSR count). The number of aryl methyl sites for hydroxylation is 1. The van der Waals surface area contributed by atoms with E-state index in [1.807, 2.05) is 12.3 Å². The Hall–Kier alpha value is -0.920. The number of hydrogen-bond acceptors (Lipinski definition) is 6. The molecule has 96 valence electrons. The Bertz CT molecular complexity index is 565. The molecule has 0 aliphatic rings. The number of ether oxygens (including phenoxy) is 1. The maximum absolute atomic E-state index is 11.4. The number of aromatic nitrogens is 1. The highest BCUT2D eigenvalue weighted by atomic mass is 79.9. The van der Waals surface area contributed by atoms with Crippen molar-refractivity contribution in [3.63, 3.8) is 0 Å². The van der Waals surface area contributed by atoms with E-state index in [9.17, 15) is 4.79 Å². The Balaban J connectivity index is 2.04. The lowest BCUT2D eigenvalue weighted by Gasteiger charge is -1.98. The SMILES string of the molecule is COC(=O)c1nc(NCc2cc(Br)cs2)sc1C. The summed E-state index contributed by atoms with van der Waals surface area (Å²) in [6.07, 6.45) is 0. The average molecular weight is 347 g/mol. The third-order valence-electron chi connectivity index (χ3n) is 2.21. The fraction of sp³-hybridized carbons (Fsp3) is 0.273. The summed E-state index contributed by atoms with van der Waals surface area (Å²) in [5.74, 6) is -0.393. The van der Waals surface area contributed by atoms with Gasteiger partial charge in [-0.1, -0.05) is 0 Å². The van der Waals surface area contributed by atoms with Gasteiger partial charge in [-0.15, -0.1) is 22.7 Å². The van der Waals surface area contributed by atoms with Crippen molar-refractivity contribution in [1.82, 2.24) is 4.98 Å². The zero-order chi connectivity index (χ0) is 13.1. The van der Waals surface area contributed by atoms with Crippen molar-refractivity contribution in [3.05, 3.63) is 31.4 Å². The number of esters is 1. The summed E-state index contributed by atoms with van der Waals surface area (Å²) >= 11 is 6.53. The van der Waals surface area contributed by atoms with E-state index in [1.54, 1.807) is 11.3 Å². The second kappa shape index (κ2) is 5.81. The van der Waals surface area contributed by atoms with Crippen molar-refractivity contribution in [2.75, 3.05) is 12.4 Å². The fourth-order valence-electron chi connectivity index (χ4n) is 1.37. The minimum Gasteiger partial charge on any atom is -0.464 e. The van der Waals surface area contributed by atoms with Gasteiger partial charge in [0.05, 0.1) is 13.7 Å². The lowest BCUT2D eigenvalue weighted by atomic mass is 10.4. The van der Waals surface area contributed by atoms with Crippen LogP contribution in [0.3, 0.4) is 0 Å². The maximum Gasteiger partial charge on any atom is 0.357 e. The highest BCUT2D eigenvalue weighted by molar-refractivity contribution is 9.10. The van der Waals surface area contributed by atoms with Crippen molar-refractivity contribution in [1.29, 1.82) is 0 Å². The van der Waals surface area contributed by atoms with Gasteiger partial charge in [0.2, 0.25) is 0 Å². The van der Waals surface area contributed by atoms with Gasteiger partial charge >= 0.3 is 5.97 Å². The number of carbonyl (C=O) groups excluding carboxylic acids is 1. The van der Waals surface area contributed by atoms with Crippen molar-refractivity contribution in [2.24, 2.45) is 0 Å². The van der Waals surface area contributed by atoms with Crippen molar-refractivity contribution < 1.29 is 9.53 Å². The van der Waals surface area contributed by atoms with E-state index in [4.69, 9.17) is 0 Å². The van der Waals surface area contributed by atoms with Gasteiger partial charge in [-0.2, -0.15) is 0 Å². The number of nitrogens with zero attached hydrogens (tertiary/aromatic N) is 1. The summed E-state index contributed by atoms with van der Waals surface area (Å²) in [4.78, 5) is 17.7. The number of thiophene rings is 1. The first kappa shape index (κ1) is 13.5. The highest BCUT2D eigenvalue weighted by Crippen LogP contribution is 2.25. The largest absolute Gasteiger partial charge is 0.464 e. The molecular formula is C11H11BrN2O2S2. The zero-order valence-corrected chi connectivity index (χ0v) is 13.0.